The number of aromatic nitrogens is 1. The standard InChI is InChI=1S/C24H18N4O7S2/c1-35-16-6-2-13(3-7-16)25-21(29)12-36-24-27-19-9-4-14(10-20(19)37-24)26-22(30)17-8-5-15(28(33)34)11-18(17)23(31)32/h2-11H,12H2,1H3,(H,25,29)(H,26,30)(H,31,32). The van der Waals surface area contributed by atoms with Crippen LogP contribution in [0.1, 0.15) is 20.7 Å². The third kappa shape index (κ3) is 6.20. The van der Waals surface area contributed by atoms with E-state index in [4.69, 9.17) is 4.74 Å². The molecule has 0 bridgehead atoms. The molecule has 4 rings (SSSR count). The van der Waals surface area contributed by atoms with Gasteiger partial charge in [0.05, 0.1) is 39.1 Å². The van der Waals surface area contributed by atoms with Gasteiger partial charge in [0.2, 0.25) is 5.91 Å². The minimum atomic E-state index is -1.45. The molecular weight excluding hydrogens is 520 g/mol. The predicted octanol–water partition coefficient (Wildman–Crippen LogP) is 4.89. The summed E-state index contributed by atoms with van der Waals surface area (Å²) >= 11 is 2.61. The summed E-state index contributed by atoms with van der Waals surface area (Å²) in [5, 5.41) is 25.7. The van der Waals surface area contributed by atoms with Crippen molar-refractivity contribution in [3.05, 3.63) is 81.9 Å². The Kier molecular flexibility index (Phi) is 7.65. The molecule has 0 spiro atoms. The molecule has 37 heavy (non-hydrogen) atoms. The van der Waals surface area contributed by atoms with Gasteiger partial charge in [0.1, 0.15) is 5.75 Å². The van der Waals surface area contributed by atoms with Crippen LogP contribution in [0.5, 0.6) is 5.75 Å². The van der Waals surface area contributed by atoms with E-state index in [9.17, 15) is 29.6 Å². The number of fused-ring (bicyclic) bond motifs is 1. The van der Waals surface area contributed by atoms with Crippen LogP contribution in [-0.2, 0) is 4.79 Å². The highest BCUT2D eigenvalue weighted by molar-refractivity contribution is 8.01. The van der Waals surface area contributed by atoms with Gasteiger partial charge in [-0.05, 0) is 48.5 Å². The number of hydrogen-bond acceptors (Lipinski definition) is 9. The van der Waals surface area contributed by atoms with E-state index in [2.05, 4.69) is 15.6 Å². The largest absolute Gasteiger partial charge is 0.497 e. The number of amides is 2. The Hall–Kier alpha value is -4.49. The molecule has 0 saturated heterocycles. The van der Waals surface area contributed by atoms with Crippen LogP contribution in [0, 0.1) is 10.1 Å². The molecule has 0 atom stereocenters. The second kappa shape index (κ2) is 11.1. The van der Waals surface area contributed by atoms with Gasteiger partial charge in [0.25, 0.3) is 11.6 Å². The molecule has 13 heteroatoms. The molecule has 1 aromatic heterocycles. The maximum absolute atomic E-state index is 12.7. The highest BCUT2D eigenvalue weighted by Gasteiger charge is 2.21. The summed E-state index contributed by atoms with van der Waals surface area (Å²) in [4.78, 5) is 51.2. The molecule has 0 aliphatic rings. The van der Waals surface area contributed by atoms with E-state index in [0.29, 0.717) is 27.0 Å². The fourth-order valence-electron chi connectivity index (χ4n) is 3.26. The smallest absolute Gasteiger partial charge is 0.336 e. The van der Waals surface area contributed by atoms with Crippen molar-refractivity contribution in [2.75, 3.05) is 23.5 Å². The number of carboxylic acid groups (broad SMARTS) is 1. The first-order valence-corrected chi connectivity index (χ1v) is 12.3. The fourth-order valence-corrected chi connectivity index (χ4v) is 5.17. The van der Waals surface area contributed by atoms with Crippen LogP contribution in [0.3, 0.4) is 0 Å². The van der Waals surface area contributed by atoms with Crippen molar-refractivity contribution in [2.45, 2.75) is 4.34 Å². The summed E-state index contributed by atoms with van der Waals surface area (Å²) in [6.07, 6.45) is 0. The van der Waals surface area contributed by atoms with Gasteiger partial charge < -0.3 is 20.5 Å². The van der Waals surface area contributed by atoms with Crippen LogP contribution in [0.4, 0.5) is 17.1 Å². The number of anilines is 2. The molecule has 0 fully saturated rings. The molecule has 0 aliphatic carbocycles. The van der Waals surface area contributed by atoms with Gasteiger partial charge in [-0.2, -0.15) is 0 Å². The number of nitro groups is 1. The number of benzene rings is 3. The molecule has 2 amide bonds. The van der Waals surface area contributed by atoms with E-state index >= 15 is 0 Å². The Morgan fingerprint density at radius 2 is 1.76 bits per heavy atom. The molecule has 1 heterocycles. The monoisotopic (exact) mass is 538 g/mol. The molecule has 3 N–H and O–H groups in total. The number of carbonyl (C=O) groups excluding carboxylic acids is 2. The van der Waals surface area contributed by atoms with Crippen molar-refractivity contribution in [1.82, 2.24) is 4.98 Å². The number of nitrogens with zero attached hydrogens (tertiary/aromatic N) is 2. The van der Waals surface area contributed by atoms with E-state index in [-0.39, 0.29) is 17.2 Å². The molecule has 4 aromatic rings. The Morgan fingerprint density at radius 3 is 2.43 bits per heavy atom. The van der Waals surface area contributed by atoms with E-state index in [1.165, 1.54) is 23.1 Å². The lowest BCUT2D eigenvalue weighted by molar-refractivity contribution is -0.384. The Bertz CT molecular complexity index is 1520. The van der Waals surface area contributed by atoms with Crippen molar-refractivity contribution in [2.24, 2.45) is 0 Å². The topological polar surface area (TPSA) is 161 Å². The van der Waals surface area contributed by atoms with Gasteiger partial charge in [-0.15, -0.1) is 11.3 Å². The zero-order valence-corrected chi connectivity index (χ0v) is 20.7. The lowest BCUT2D eigenvalue weighted by Gasteiger charge is -2.08. The van der Waals surface area contributed by atoms with Gasteiger partial charge in [-0.1, -0.05) is 11.8 Å². The Morgan fingerprint density at radius 1 is 1.03 bits per heavy atom. The number of nitrogens with one attached hydrogen (secondary N) is 2. The minimum absolute atomic E-state index is 0.146. The van der Waals surface area contributed by atoms with Crippen LogP contribution in [-0.4, -0.2) is 45.7 Å². The number of carboxylic acids is 1. The van der Waals surface area contributed by atoms with Crippen LogP contribution in [0.25, 0.3) is 10.2 Å². The summed E-state index contributed by atoms with van der Waals surface area (Å²) in [5.74, 6) is -1.54. The zero-order valence-electron chi connectivity index (χ0n) is 19.1. The molecule has 0 aliphatic heterocycles. The summed E-state index contributed by atoms with van der Waals surface area (Å²) in [5.41, 5.74) is 0.601. The zero-order chi connectivity index (χ0) is 26.5. The van der Waals surface area contributed by atoms with E-state index < -0.39 is 28.1 Å². The average Bonchev–Trinajstić information content (AvgIpc) is 3.29. The summed E-state index contributed by atoms with van der Waals surface area (Å²) in [6.45, 7) is 0. The number of carbonyl (C=O) groups is 3. The number of thiazole rings is 1. The maximum atomic E-state index is 12.7. The molecular formula is C24H18N4O7S2. The van der Waals surface area contributed by atoms with E-state index in [1.54, 1.807) is 49.6 Å². The quantitative estimate of drug-likeness (QED) is 0.153. The minimum Gasteiger partial charge on any atom is -0.497 e. The fraction of sp³-hybridized carbons (Fsp3) is 0.0833. The normalized spacial score (nSPS) is 10.6. The van der Waals surface area contributed by atoms with Gasteiger partial charge >= 0.3 is 5.97 Å². The van der Waals surface area contributed by atoms with Crippen LogP contribution >= 0.6 is 23.1 Å². The van der Waals surface area contributed by atoms with Gasteiger partial charge in [-0.25, -0.2) is 9.78 Å². The van der Waals surface area contributed by atoms with Crippen LogP contribution < -0.4 is 15.4 Å². The van der Waals surface area contributed by atoms with Gasteiger partial charge in [-0.3, -0.25) is 19.7 Å². The molecule has 0 saturated carbocycles. The lowest BCUT2D eigenvalue weighted by atomic mass is 10.1. The Balaban J connectivity index is 1.42. The van der Waals surface area contributed by atoms with E-state index in [1.807, 2.05) is 0 Å². The first-order chi connectivity index (χ1) is 17.7. The predicted molar refractivity (Wildman–Crippen MR) is 140 cm³/mol. The summed E-state index contributed by atoms with van der Waals surface area (Å²) in [6, 6.07) is 15.0. The van der Waals surface area contributed by atoms with Crippen molar-refractivity contribution < 1.29 is 29.2 Å². The molecule has 0 radical (unpaired) electrons. The summed E-state index contributed by atoms with van der Waals surface area (Å²) in [7, 11) is 1.56. The maximum Gasteiger partial charge on any atom is 0.336 e. The highest BCUT2D eigenvalue weighted by Crippen LogP contribution is 2.32. The number of thioether (sulfide) groups is 1. The third-order valence-electron chi connectivity index (χ3n) is 5.02. The van der Waals surface area contributed by atoms with Crippen LogP contribution in [0.15, 0.2) is 65.0 Å². The number of aromatic carboxylic acids is 1. The molecule has 0 unspecified atom stereocenters. The average molecular weight is 539 g/mol. The highest BCUT2D eigenvalue weighted by atomic mass is 32.2. The first kappa shape index (κ1) is 25.6. The number of methoxy groups -OCH3 is 1. The van der Waals surface area contributed by atoms with Gasteiger partial charge in [0, 0.05) is 23.5 Å². The second-order valence-electron chi connectivity index (χ2n) is 7.47. The molecule has 11 nitrogen and oxygen atoms in total. The van der Waals surface area contributed by atoms with Gasteiger partial charge in [0.15, 0.2) is 4.34 Å². The Labute approximate surface area is 217 Å². The second-order valence-corrected chi connectivity index (χ2v) is 9.73. The van der Waals surface area contributed by atoms with Crippen molar-refractivity contribution in [1.29, 1.82) is 0 Å². The third-order valence-corrected chi connectivity index (χ3v) is 7.18. The van der Waals surface area contributed by atoms with Crippen molar-refractivity contribution >= 4 is 68.2 Å². The van der Waals surface area contributed by atoms with Crippen molar-refractivity contribution in [3.63, 3.8) is 0 Å². The number of hydrogen-bond donors (Lipinski definition) is 3. The number of ether oxygens (including phenoxy) is 1. The van der Waals surface area contributed by atoms with E-state index in [0.717, 1.165) is 22.9 Å². The SMILES string of the molecule is COc1ccc(NC(=O)CSc2nc3ccc(NC(=O)c4ccc([N+](=O)[O-])cc4C(=O)O)cc3s2)cc1. The van der Waals surface area contributed by atoms with Crippen LogP contribution in [0.2, 0.25) is 0 Å². The molecule has 3 aromatic carbocycles. The van der Waals surface area contributed by atoms with Crippen molar-refractivity contribution in [3.8, 4) is 5.75 Å². The number of non-ortho nitro benzene ring substituents is 1. The first-order valence-electron chi connectivity index (χ1n) is 10.5. The summed E-state index contributed by atoms with van der Waals surface area (Å²) < 4.78 is 6.50. The molecule has 188 valence electrons. The lowest BCUT2D eigenvalue weighted by Crippen LogP contribution is -2.16. The number of nitro benzene ring substituents is 1. The number of rotatable bonds is 9.